The smallest absolute Gasteiger partial charge is 0.244 e. The van der Waals surface area contributed by atoms with Gasteiger partial charge >= 0.3 is 0 Å². The van der Waals surface area contributed by atoms with Crippen molar-refractivity contribution < 1.29 is 14.3 Å². The molecular formula is C26H24ClN3O3. The second-order valence-electron chi connectivity index (χ2n) is 7.40. The summed E-state index contributed by atoms with van der Waals surface area (Å²) in [4.78, 5) is 20.0. The highest BCUT2D eigenvalue weighted by molar-refractivity contribution is 6.30. The topological polar surface area (TPSA) is 76.2 Å². The SMILES string of the molecule is COc1cc(/C=C/C(=O)NCCc2nc3ccccc3[nH]2)ccc1OCc1ccc(Cl)cc1. The molecular weight excluding hydrogens is 438 g/mol. The Hall–Kier alpha value is -3.77. The third kappa shape index (κ3) is 6.14. The van der Waals surface area contributed by atoms with E-state index in [-0.39, 0.29) is 5.91 Å². The number of hydrogen-bond donors (Lipinski definition) is 2. The standard InChI is InChI=1S/C26H24ClN3O3/c1-32-24-16-18(8-12-23(24)33-17-19-6-10-20(27)11-7-19)9-13-26(31)28-15-14-25-29-21-4-2-3-5-22(21)30-25/h2-13,16H,14-15,17H2,1H3,(H,28,31)(H,29,30)/b13-9+. The number of methoxy groups -OCH3 is 1. The predicted molar refractivity (Wildman–Crippen MR) is 131 cm³/mol. The highest BCUT2D eigenvalue weighted by Crippen LogP contribution is 2.29. The maximum absolute atomic E-state index is 12.2. The molecule has 0 aliphatic rings. The lowest BCUT2D eigenvalue weighted by Crippen LogP contribution is -2.23. The molecule has 0 unspecified atom stereocenters. The van der Waals surface area contributed by atoms with Gasteiger partial charge in [0.25, 0.3) is 0 Å². The fourth-order valence-corrected chi connectivity index (χ4v) is 3.43. The van der Waals surface area contributed by atoms with Crippen LogP contribution in [0.15, 0.2) is 72.8 Å². The van der Waals surface area contributed by atoms with Crippen molar-refractivity contribution in [3.63, 3.8) is 0 Å². The highest BCUT2D eigenvalue weighted by atomic mass is 35.5. The molecule has 1 heterocycles. The van der Waals surface area contributed by atoms with Gasteiger partial charge < -0.3 is 19.8 Å². The number of carbonyl (C=O) groups is 1. The number of aromatic nitrogens is 2. The van der Waals surface area contributed by atoms with E-state index in [9.17, 15) is 4.79 Å². The Bertz CT molecular complexity index is 1230. The van der Waals surface area contributed by atoms with E-state index in [2.05, 4.69) is 15.3 Å². The molecule has 0 saturated carbocycles. The van der Waals surface area contributed by atoms with Gasteiger partial charge in [0.05, 0.1) is 18.1 Å². The molecule has 7 heteroatoms. The number of aromatic amines is 1. The average Bonchev–Trinajstić information content (AvgIpc) is 3.25. The number of rotatable bonds is 9. The minimum atomic E-state index is -0.173. The Morgan fingerprint density at radius 2 is 1.91 bits per heavy atom. The van der Waals surface area contributed by atoms with Crippen molar-refractivity contribution in [2.75, 3.05) is 13.7 Å². The van der Waals surface area contributed by atoms with Gasteiger partial charge in [-0.1, -0.05) is 41.9 Å². The van der Waals surface area contributed by atoms with E-state index in [4.69, 9.17) is 21.1 Å². The summed E-state index contributed by atoms with van der Waals surface area (Å²) in [6.45, 7) is 0.889. The van der Waals surface area contributed by atoms with E-state index in [1.54, 1.807) is 13.2 Å². The van der Waals surface area contributed by atoms with E-state index < -0.39 is 0 Å². The van der Waals surface area contributed by atoms with E-state index in [0.717, 1.165) is 28.0 Å². The molecule has 0 atom stereocenters. The van der Waals surface area contributed by atoms with Crippen LogP contribution in [-0.4, -0.2) is 29.5 Å². The summed E-state index contributed by atoms with van der Waals surface area (Å²) in [7, 11) is 1.59. The number of H-pyrrole nitrogens is 1. The number of fused-ring (bicyclic) bond motifs is 1. The Kier molecular flexibility index (Phi) is 7.27. The number of nitrogens with zero attached hydrogens (tertiary/aromatic N) is 1. The summed E-state index contributed by atoms with van der Waals surface area (Å²) in [6.07, 6.45) is 3.87. The van der Waals surface area contributed by atoms with Gasteiger partial charge in [-0.15, -0.1) is 0 Å². The lowest BCUT2D eigenvalue weighted by atomic mass is 10.2. The van der Waals surface area contributed by atoms with Crippen molar-refractivity contribution in [3.8, 4) is 11.5 Å². The second-order valence-corrected chi connectivity index (χ2v) is 7.84. The minimum absolute atomic E-state index is 0.173. The molecule has 0 fully saturated rings. The van der Waals surface area contributed by atoms with Crippen LogP contribution < -0.4 is 14.8 Å². The van der Waals surface area contributed by atoms with Crippen molar-refractivity contribution in [2.45, 2.75) is 13.0 Å². The van der Waals surface area contributed by atoms with Gasteiger partial charge in [-0.2, -0.15) is 0 Å². The summed E-state index contributed by atoms with van der Waals surface area (Å²) in [5, 5.41) is 3.56. The van der Waals surface area contributed by atoms with Crippen molar-refractivity contribution in [1.29, 1.82) is 0 Å². The molecule has 4 rings (SSSR count). The zero-order valence-electron chi connectivity index (χ0n) is 18.2. The average molecular weight is 462 g/mol. The number of imidazole rings is 1. The molecule has 0 aliphatic heterocycles. The summed E-state index contributed by atoms with van der Waals surface area (Å²) >= 11 is 5.92. The van der Waals surface area contributed by atoms with Crippen LogP contribution in [0.4, 0.5) is 0 Å². The molecule has 4 aromatic rings. The van der Waals surface area contributed by atoms with Crippen LogP contribution >= 0.6 is 11.6 Å². The van der Waals surface area contributed by atoms with Crippen LogP contribution in [0.3, 0.4) is 0 Å². The Morgan fingerprint density at radius 1 is 1.09 bits per heavy atom. The Morgan fingerprint density at radius 3 is 2.70 bits per heavy atom. The molecule has 1 amide bonds. The molecule has 0 radical (unpaired) electrons. The van der Waals surface area contributed by atoms with Gasteiger partial charge in [-0.3, -0.25) is 4.79 Å². The fraction of sp³-hybridized carbons (Fsp3) is 0.154. The molecule has 3 aromatic carbocycles. The van der Waals surface area contributed by atoms with Gasteiger partial charge in [0.15, 0.2) is 11.5 Å². The number of para-hydroxylation sites is 2. The highest BCUT2D eigenvalue weighted by Gasteiger charge is 2.06. The van der Waals surface area contributed by atoms with Gasteiger partial charge in [-0.25, -0.2) is 4.98 Å². The maximum Gasteiger partial charge on any atom is 0.244 e. The first kappa shape index (κ1) is 22.4. The summed E-state index contributed by atoms with van der Waals surface area (Å²) in [5.41, 5.74) is 3.75. The summed E-state index contributed by atoms with van der Waals surface area (Å²) in [5.74, 6) is 1.89. The molecule has 0 spiro atoms. The van der Waals surface area contributed by atoms with E-state index in [0.29, 0.717) is 36.1 Å². The van der Waals surface area contributed by atoms with Gasteiger partial charge in [0.2, 0.25) is 5.91 Å². The van der Waals surface area contributed by atoms with Gasteiger partial charge in [0.1, 0.15) is 12.4 Å². The van der Waals surface area contributed by atoms with E-state index >= 15 is 0 Å². The van der Waals surface area contributed by atoms with Crippen LogP contribution in [-0.2, 0) is 17.8 Å². The van der Waals surface area contributed by atoms with Crippen molar-refractivity contribution in [2.24, 2.45) is 0 Å². The molecule has 0 bridgehead atoms. The summed E-state index contributed by atoms with van der Waals surface area (Å²) in [6, 6.07) is 20.9. The third-order valence-corrected chi connectivity index (χ3v) is 5.27. The van der Waals surface area contributed by atoms with Crippen LogP contribution in [0, 0.1) is 0 Å². The summed E-state index contributed by atoms with van der Waals surface area (Å²) < 4.78 is 11.3. The molecule has 0 saturated heterocycles. The van der Waals surface area contributed by atoms with Crippen LogP contribution in [0.5, 0.6) is 11.5 Å². The van der Waals surface area contributed by atoms with Crippen molar-refractivity contribution in [3.05, 3.63) is 94.8 Å². The van der Waals surface area contributed by atoms with E-state index in [1.807, 2.05) is 66.7 Å². The first-order valence-electron chi connectivity index (χ1n) is 10.6. The Balaban J connectivity index is 1.29. The number of amides is 1. The number of carbonyl (C=O) groups excluding carboxylic acids is 1. The van der Waals surface area contributed by atoms with E-state index in [1.165, 1.54) is 6.08 Å². The molecule has 168 valence electrons. The van der Waals surface area contributed by atoms with Crippen molar-refractivity contribution in [1.82, 2.24) is 15.3 Å². The second kappa shape index (κ2) is 10.7. The third-order valence-electron chi connectivity index (χ3n) is 5.02. The molecule has 6 nitrogen and oxygen atoms in total. The van der Waals surface area contributed by atoms with Gasteiger partial charge in [0, 0.05) is 24.1 Å². The lowest BCUT2D eigenvalue weighted by molar-refractivity contribution is -0.116. The number of nitrogens with one attached hydrogen (secondary N) is 2. The lowest BCUT2D eigenvalue weighted by Gasteiger charge is -2.11. The van der Waals surface area contributed by atoms with Crippen LogP contribution in [0.1, 0.15) is 17.0 Å². The Labute approximate surface area is 197 Å². The first-order chi connectivity index (χ1) is 16.1. The number of halogens is 1. The zero-order valence-corrected chi connectivity index (χ0v) is 18.9. The monoisotopic (exact) mass is 461 g/mol. The van der Waals surface area contributed by atoms with Gasteiger partial charge in [-0.05, 0) is 53.6 Å². The quantitative estimate of drug-likeness (QED) is 0.337. The maximum atomic E-state index is 12.2. The molecule has 1 aromatic heterocycles. The molecule has 0 aliphatic carbocycles. The van der Waals surface area contributed by atoms with Crippen molar-refractivity contribution >= 4 is 34.6 Å². The van der Waals surface area contributed by atoms with Crippen LogP contribution in [0.2, 0.25) is 5.02 Å². The number of hydrogen-bond acceptors (Lipinski definition) is 4. The minimum Gasteiger partial charge on any atom is -0.493 e. The van der Waals surface area contributed by atoms with Crippen LogP contribution in [0.25, 0.3) is 17.1 Å². The molecule has 2 N–H and O–H groups in total. The number of ether oxygens (including phenoxy) is 2. The largest absolute Gasteiger partial charge is 0.493 e. The normalized spacial score (nSPS) is 11.1. The number of benzene rings is 3. The zero-order chi connectivity index (χ0) is 23.0. The molecule has 33 heavy (non-hydrogen) atoms. The predicted octanol–water partition coefficient (Wildman–Crippen LogP) is 5.18. The first-order valence-corrected chi connectivity index (χ1v) is 10.9. The fourth-order valence-electron chi connectivity index (χ4n) is 3.31.